The Labute approximate surface area is 134 Å². The largest absolute Gasteiger partial charge is 0.484 e. The third kappa shape index (κ3) is 4.44. The molecule has 1 aromatic carbocycles. The molecule has 1 saturated heterocycles. The number of benzene rings is 1. The van der Waals surface area contributed by atoms with Gasteiger partial charge < -0.3 is 14.7 Å². The van der Waals surface area contributed by atoms with E-state index in [4.69, 9.17) is 9.84 Å². The van der Waals surface area contributed by atoms with Gasteiger partial charge in [0.15, 0.2) is 16.4 Å². The topological polar surface area (TPSA) is 101 Å². The number of carboxylic acids is 1. The van der Waals surface area contributed by atoms with Crippen molar-refractivity contribution in [3.8, 4) is 5.75 Å². The Kier molecular flexibility index (Phi) is 5.25. The first-order valence-corrected chi connectivity index (χ1v) is 9.10. The average molecular weight is 341 g/mol. The fraction of sp³-hybridized carbons (Fsp3) is 0.467. The van der Waals surface area contributed by atoms with E-state index in [0.29, 0.717) is 13.0 Å². The Morgan fingerprint density at radius 3 is 2.70 bits per heavy atom. The van der Waals surface area contributed by atoms with E-state index < -0.39 is 15.8 Å². The quantitative estimate of drug-likeness (QED) is 0.821. The SMILES string of the molecule is CCN(C(=O)COc1cccc(C(=O)O)c1)[C@@H]1CCS(=O)(=O)C1. The Morgan fingerprint density at radius 1 is 1.39 bits per heavy atom. The first kappa shape index (κ1) is 17.3. The Balaban J connectivity index is 1.98. The first-order chi connectivity index (χ1) is 10.8. The summed E-state index contributed by atoms with van der Waals surface area (Å²) in [6, 6.07) is 5.55. The summed E-state index contributed by atoms with van der Waals surface area (Å²) in [4.78, 5) is 24.7. The number of carbonyl (C=O) groups is 2. The molecule has 1 aromatic rings. The van der Waals surface area contributed by atoms with Crippen LogP contribution in [-0.2, 0) is 14.6 Å². The standard InChI is InChI=1S/C15H19NO6S/c1-2-16(12-6-7-23(20,21)10-12)14(17)9-22-13-5-3-4-11(8-13)15(18)19/h3-5,8,12H,2,6-7,9-10H2,1H3,(H,18,19)/t12-/m1/s1. The lowest BCUT2D eigenvalue weighted by Gasteiger charge is -2.26. The van der Waals surface area contributed by atoms with Crippen LogP contribution in [0.2, 0.25) is 0 Å². The highest BCUT2D eigenvalue weighted by Crippen LogP contribution is 2.18. The minimum absolute atomic E-state index is 0.0128. The van der Waals surface area contributed by atoms with E-state index in [9.17, 15) is 18.0 Å². The van der Waals surface area contributed by atoms with Gasteiger partial charge in [-0.3, -0.25) is 4.79 Å². The molecule has 0 bridgehead atoms. The van der Waals surface area contributed by atoms with Gasteiger partial charge in [0, 0.05) is 12.6 Å². The highest BCUT2D eigenvalue weighted by atomic mass is 32.2. The number of rotatable bonds is 6. The molecule has 0 radical (unpaired) electrons. The maximum atomic E-state index is 12.3. The number of hydrogen-bond acceptors (Lipinski definition) is 5. The minimum atomic E-state index is -3.07. The van der Waals surface area contributed by atoms with Crippen molar-refractivity contribution in [1.29, 1.82) is 0 Å². The number of aromatic carboxylic acids is 1. The number of hydrogen-bond donors (Lipinski definition) is 1. The van der Waals surface area contributed by atoms with Crippen LogP contribution in [0, 0.1) is 0 Å². The van der Waals surface area contributed by atoms with E-state index >= 15 is 0 Å². The zero-order valence-corrected chi connectivity index (χ0v) is 13.6. The molecule has 0 unspecified atom stereocenters. The van der Waals surface area contributed by atoms with Crippen molar-refractivity contribution < 1.29 is 27.9 Å². The molecule has 1 N–H and O–H groups in total. The van der Waals surface area contributed by atoms with Gasteiger partial charge in [0.2, 0.25) is 0 Å². The fourth-order valence-electron chi connectivity index (χ4n) is 2.61. The number of ether oxygens (including phenoxy) is 1. The van der Waals surface area contributed by atoms with Crippen LogP contribution in [0.3, 0.4) is 0 Å². The van der Waals surface area contributed by atoms with Crippen LogP contribution in [0.15, 0.2) is 24.3 Å². The van der Waals surface area contributed by atoms with E-state index in [-0.39, 0.29) is 41.4 Å². The predicted molar refractivity (Wildman–Crippen MR) is 83.3 cm³/mol. The Bertz CT molecular complexity index is 700. The van der Waals surface area contributed by atoms with E-state index in [2.05, 4.69) is 0 Å². The summed E-state index contributed by atoms with van der Waals surface area (Å²) in [5.74, 6) is -1.01. The highest BCUT2D eigenvalue weighted by Gasteiger charge is 2.33. The molecule has 1 heterocycles. The van der Waals surface area contributed by atoms with Gasteiger partial charge in [-0.1, -0.05) is 6.07 Å². The van der Waals surface area contributed by atoms with Crippen LogP contribution in [0.5, 0.6) is 5.75 Å². The summed E-state index contributed by atoms with van der Waals surface area (Å²) in [7, 11) is -3.07. The predicted octanol–water partition coefficient (Wildman–Crippen LogP) is 0.799. The summed E-state index contributed by atoms with van der Waals surface area (Å²) >= 11 is 0. The molecule has 0 aliphatic carbocycles. The molecule has 1 aliphatic heterocycles. The maximum Gasteiger partial charge on any atom is 0.335 e. The van der Waals surface area contributed by atoms with E-state index in [1.54, 1.807) is 13.0 Å². The lowest BCUT2D eigenvalue weighted by Crippen LogP contribution is -2.43. The molecule has 1 amide bonds. The second-order valence-electron chi connectivity index (χ2n) is 5.36. The van der Waals surface area contributed by atoms with E-state index in [1.165, 1.54) is 23.1 Å². The van der Waals surface area contributed by atoms with Crippen molar-refractivity contribution in [2.24, 2.45) is 0 Å². The van der Waals surface area contributed by atoms with Crippen LogP contribution in [0.25, 0.3) is 0 Å². The molecule has 1 fully saturated rings. The van der Waals surface area contributed by atoms with Gasteiger partial charge in [-0.25, -0.2) is 13.2 Å². The smallest absolute Gasteiger partial charge is 0.335 e. The summed E-state index contributed by atoms with van der Waals surface area (Å²) < 4.78 is 28.4. The number of sulfone groups is 1. The molecule has 0 spiro atoms. The molecule has 7 nitrogen and oxygen atoms in total. The number of carboxylic acid groups (broad SMARTS) is 1. The Morgan fingerprint density at radius 2 is 2.13 bits per heavy atom. The van der Waals surface area contributed by atoms with Gasteiger partial charge in [0.25, 0.3) is 5.91 Å². The monoisotopic (exact) mass is 341 g/mol. The highest BCUT2D eigenvalue weighted by molar-refractivity contribution is 7.91. The van der Waals surface area contributed by atoms with Gasteiger partial charge in [-0.15, -0.1) is 0 Å². The van der Waals surface area contributed by atoms with Gasteiger partial charge in [0.05, 0.1) is 17.1 Å². The lowest BCUT2D eigenvalue weighted by atomic mass is 10.2. The van der Waals surface area contributed by atoms with Gasteiger partial charge in [-0.2, -0.15) is 0 Å². The molecular formula is C15H19NO6S. The third-order valence-electron chi connectivity index (χ3n) is 3.75. The summed E-state index contributed by atoms with van der Waals surface area (Å²) in [6.07, 6.45) is 0.441. The van der Waals surface area contributed by atoms with E-state index in [1.807, 2.05) is 0 Å². The Hall–Kier alpha value is -2.09. The minimum Gasteiger partial charge on any atom is -0.484 e. The number of likely N-dealkylation sites (N-methyl/N-ethyl adjacent to an activating group) is 1. The average Bonchev–Trinajstić information content (AvgIpc) is 2.86. The maximum absolute atomic E-state index is 12.3. The summed E-state index contributed by atoms with van der Waals surface area (Å²) in [5.41, 5.74) is 0.0733. The summed E-state index contributed by atoms with van der Waals surface area (Å²) in [6.45, 7) is 1.93. The number of carbonyl (C=O) groups excluding carboxylic acids is 1. The molecule has 1 aliphatic rings. The second-order valence-corrected chi connectivity index (χ2v) is 7.59. The van der Waals surface area contributed by atoms with Crippen molar-refractivity contribution >= 4 is 21.7 Å². The van der Waals surface area contributed by atoms with Crippen LogP contribution < -0.4 is 4.74 Å². The molecule has 1 atom stereocenters. The summed E-state index contributed by atoms with van der Waals surface area (Å²) in [5, 5.41) is 8.92. The van der Waals surface area contributed by atoms with Crippen molar-refractivity contribution in [2.75, 3.05) is 24.7 Å². The number of amides is 1. The van der Waals surface area contributed by atoms with Gasteiger partial charge in [0.1, 0.15) is 5.75 Å². The van der Waals surface area contributed by atoms with Gasteiger partial charge in [-0.05, 0) is 31.5 Å². The molecule has 2 rings (SSSR count). The second kappa shape index (κ2) is 6.99. The molecule has 0 aromatic heterocycles. The normalized spacial score (nSPS) is 19.3. The molecule has 8 heteroatoms. The third-order valence-corrected chi connectivity index (χ3v) is 5.50. The zero-order valence-electron chi connectivity index (χ0n) is 12.8. The van der Waals surface area contributed by atoms with Crippen LogP contribution >= 0.6 is 0 Å². The van der Waals surface area contributed by atoms with Crippen molar-refractivity contribution in [1.82, 2.24) is 4.90 Å². The van der Waals surface area contributed by atoms with Crippen molar-refractivity contribution in [2.45, 2.75) is 19.4 Å². The molecule has 23 heavy (non-hydrogen) atoms. The zero-order chi connectivity index (χ0) is 17.0. The number of nitrogens with zero attached hydrogens (tertiary/aromatic N) is 1. The molecular weight excluding hydrogens is 322 g/mol. The van der Waals surface area contributed by atoms with Crippen LogP contribution in [0.1, 0.15) is 23.7 Å². The van der Waals surface area contributed by atoms with Crippen molar-refractivity contribution in [3.63, 3.8) is 0 Å². The van der Waals surface area contributed by atoms with Crippen molar-refractivity contribution in [3.05, 3.63) is 29.8 Å². The fourth-order valence-corrected chi connectivity index (χ4v) is 4.34. The van der Waals surface area contributed by atoms with Crippen LogP contribution in [-0.4, -0.2) is 61.0 Å². The van der Waals surface area contributed by atoms with Crippen LogP contribution in [0.4, 0.5) is 0 Å². The molecule has 0 saturated carbocycles. The lowest BCUT2D eigenvalue weighted by molar-refractivity contribution is -0.135. The first-order valence-electron chi connectivity index (χ1n) is 7.28. The molecule has 126 valence electrons. The van der Waals surface area contributed by atoms with Gasteiger partial charge >= 0.3 is 5.97 Å². The van der Waals surface area contributed by atoms with E-state index in [0.717, 1.165) is 0 Å².